The summed E-state index contributed by atoms with van der Waals surface area (Å²) in [6, 6.07) is 8.28. The van der Waals surface area contributed by atoms with Crippen molar-refractivity contribution in [3.63, 3.8) is 0 Å². The van der Waals surface area contributed by atoms with Crippen molar-refractivity contribution in [2.75, 3.05) is 18.4 Å². The zero-order valence-corrected chi connectivity index (χ0v) is 16.5. The van der Waals surface area contributed by atoms with Gasteiger partial charge in [0, 0.05) is 17.4 Å². The molecule has 0 unspecified atom stereocenters. The zero-order chi connectivity index (χ0) is 19.8. The van der Waals surface area contributed by atoms with Crippen molar-refractivity contribution in [1.82, 2.24) is 15.6 Å². The number of hydrogen-bond acceptors (Lipinski definition) is 5. The van der Waals surface area contributed by atoms with E-state index >= 15 is 0 Å². The molecule has 2 rings (SSSR count). The Morgan fingerprint density at radius 3 is 2.33 bits per heavy atom. The minimum atomic E-state index is -0.427. The summed E-state index contributed by atoms with van der Waals surface area (Å²) in [5, 5.41) is 7.99. The van der Waals surface area contributed by atoms with Crippen molar-refractivity contribution in [3.8, 4) is 11.3 Å². The van der Waals surface area contributed by atoms with Crippen LogP contribution in [-0.2, 0) is 20.8 Å². The molecule has 0 radical (unpaired) electrons. The summed E-state index contributed by atoms with van der Waals surface area (Å²) in [5.41, 5.74) is 3.14. The molecule has 1 aromatic carbocycles. The van der Waals surface area contributed by atoms with E-state index < -0.39 is 5.91 Å². The second-order valence-electron chi connectivity index (χ2n) is 6.11. The maximum Gasteiger partial charge on any atom is 0.245 e. The number of hydrogen-bond donors (Lipinski definition) is 3. The first-order chi connectivity index (χ1) is 12.9. The van der Waals surface area contributed by atoms with Crippen LogP contribution in [0.25, 0.3) is 11.3 Å². The SMILES string of the molecule is CCCc1ccc(-c2nc(NC(=O)CNC(=O)CNC(C)=O)sc2C)cc1. The molecule has 0 saturated carbocycles. The van der Waals surface area contributed by atoms with Gasteiger partial charge in [0.05, 0.1) is 18.8 Å². The third-order valence-electron chi connectivity index (χ3n) is 3.75. The van der Waals surface area contributed by atoms with Gasteiger partial charge in [0.2, 0.25) is 17.7 Å². The fourth-order valence-electron chi connectivity index (χ4n) is 2.45. The maximum atomic E-state index is 12.0. The average Bonchev–Trinajstić information content (AvgIpc) is 2.99. The minimum absolute atomic E-state index is 0.156. The van der Waals surface area contributed by atoms with Crippen LogP contribution in [0.15, 0.2) is 24.3 Å². The largest absolute Gasteiger partial charge is 0.347 e. The molecular weight excluding hydrogens is 364 g/mol. The Kier molecular flexibility index (Phi) is 7.48. The normalized spacial score (nSPS) is 10.3. The summed E-state index contributed by atoms with van der Waals surface area (Å²) in [7, 11) is 0. The number of aromatic nitrogens is 1. The first-order valence-corrected chi connectivity index (χ1v) is 9.58. The Bertz CT molecular complexity index is 815. The van der Waals surface area contributed by atoms with E-state index in [1.807, 2.05) is 19.1 Å². The van der Waals surface area contributed by atoms with Gasteiger partial charge in [-0.25, -0.2) is 4.98 Å². The van der Waals surface area contributed by atoms with Gasteiger partial charge < -0.3 is 16.0 Å². The average molecular weight is 388 g/mol. The molecule has 0 fully saturated rings. The number of aryl methyl sites for hydroxylation is 2. The number of nitrogens with one attached hydrogen (secondary N) is 3. The Morgan fingerprint density at radius 2 is 1.70 bits per heavy atom. The topological polar surface area (TPSA) is 100 Å². The second-order valence-corrected chi connectivity index (χ2v) is 7.31. The lowest BCUT2D eigenvalue weighted by Gasteiger charge is -2.05. The lowest BCUT2D eigenvalue weighted by atomic mass is 10.1. The minimum Gasteiger partial charge on any atom is -0.347 e. The summed E-state index contributed by atoms with van der Waals surface area (Å²) in [6.45, 7) is 5.09. The second kappa shape index (κ2) is 9.82. The number of carbonyl (C=O) groups is 3. The third kappa shape index (κ3) is 6.49. The third-order valence-corrected chi connectivity index (χ3v) is 4.64. The van der Waals surface area contributed by atoms with E-state index in [9.17, 15) is 14.4 Å². The molecule has 0 spiro atoms. The van der Waals surface area contributed by atoms with Crippen LogP contribution >= 0.6 is 11.3 Å². The van der Waals surface area contributed by atoms with Crippen molar-refractivity contribution in [1.29, 1.82) is 0 Å². The van der Waals surface area contributed by atoms with Crippen LogP contribution in [0.1, 0.15) is 30.7 Å². The highest BCUT2D eigenvalue weighted by Gasteiger charge is 2.13. The van der Waals surface area contributed by atoms with E-state index in [1.54, 1.807) is 0 Å². The van der Waals surface area contributed by atoms with Crippen molar-refractivity contribution in [2.45, 2.75) is 33.6 Å². The molecule has 27 heavy (non-hydrogen) atoms. The summed E-state index contributed by atoms with van der Waals surface area (Å²) < 4.78 is 0. The lowest BCUT2D eigenvalue weighted by Crippen LogP contribution is -2.39. The van der Waals surface area contributed by atoms with Crippen LogP contribution < -0.4 is 16.0 Å². The van der Waals surface area contributed by atoms with Gasteiger partial charge in [-0.3, -0.25) is 14.4 Å². The van der Waals surface area contributed by atoms with Gasteiger partial charge in [-0.15, -0.1) is 11.3 Å². The molecule has 7 nitrogen and oxygen atoms in total. The molecule has 1 aromatic heterocycles. The van der Waals surface area contributed by atoms with Crippen molar-refractivity contribution < 1.29 is 14.4 Å². The summed E-state index contributed by atoms with van der Waals surface area (Å²) >= 11 is 1.39. The molecule has 0 aliphatic heterocycles. The molecule has 0 bridgehead atoms. The van der Waals surface area contributed by atoms with E-state index in [-0.39, 0.29) is 24.9 Å². The Balaban J connectivity index is 1.92. The quantitative estimate of drug-likeness (QED) is 0.646. The van der Waals surface area contributed by atoms with Gasteiger partial charge >= 0.3 is 0 Å². The van der Waals surface area contributed by atoms with Crippen LogP contribution in [0.2, 0.25) is 0 Å². The van der Waals surface area contributed by atoms with Gasteiger partial charge in [0.1, 0.15) is 0 Å². The molecule has 1 heterocycles. The van der Waals surface area contributed by atoms with Crippen LogP contribution in [0, 0.1) is 6.92 Å². The smallest absolute Gasteiger partial charge is 0.245 e. The van der Waals surface area contributed by atoms with Gasteiger partial charge in [-0.1, -0.05) is 37.6 Å². The van der Waals surface area contributed by atoms with Crippen molar-refractivity contribution in [3.05, 3.63) is 34.7 Å². The first-order valence-electron chi connectivity index (χ1n) is 8.76. The predicted octanol–water partition coefficient (Wildman–Crippen LogP) is 2.26. The van der Waals surface area contributed by atoms with Gasteiger partial charge in [-0.05, 0) is 18.9 Å². The van der Waals surface area contributed by atoms with Crippen LogP contribution in [-0.4, -0.2) is 35.8 Å². The highest BCUT2D eigenvalue weighted by molar-refractivity contribution is 7.16. The fourth-order valence-corrected chi connectivity index (χ4v) is 3.30. The Morgan fingerprint density at radius 1 is 1.04 bits per heavy atom. The lowest BCUT2D eigenvalue weighted by molar-refractivity contribution is -0.126. The highest BCUT2D eigenvalue weighted by Crippen LogP contribution is 2.30. The van der Waals surface area contributed by atoms with Crippen LogP contribution in [0.4, 0.5) is 5.13 Å². The molecule has 144 valence electrons. The van der Waals surface area contributed by atoms with E-state index in [4.69, 9.17) is 0 Å². The molecule has 8 heteroatoms. The number of amides is 3. The van der Waals surface area contributed by atoms with E-state index in [0.29, 0.717) is 5.13 Å². The summed E-state index contributed by atoms with van der Waals surface area (Å²) in [4.78, 5) is 39.7. The van der Waals surface area contributed by atoms with Crippen molar-refractivity contribution >= 4 is 34.2 Å². The maximum absolute atomic E-state index is 12.0. The molecule has 3 N–H and O–H groups in total. The van der Waals surface area contributed by atoms with Gasteiger partial charge in [-0.2, -0.15) is 0 Å². The number of carbonyl (C=O) groups excluding carboxylic acids is 3. The number of anilines is 1. The molecule has 0 atom stereocenters. The number of rotatable bonds is 8. The van der Waals surface area contributed by atoms with E-state index in [1.165, 1.54) is 23.8 Å². The summed E-state index contributed by atoms with van der Waals surface area (Å²) in [5.74, 6) is -1.10. The number of benzene rings is 1. The monoisotopic (exact) mass is 388 g/mol. The Labute approximate surface area is 162 Å². The predicted molar refractivity (Wildman–Crippen MR) is 107 cm³/mol. The molecule has 2 aromatic rings. The molecule has 0 aliphatic carbocycles. The Hall–Kier alpha value is -2.74. The fraction of sp³-hybridized carbons (Fsp3) is 0.368. The van der Waals surface area contributed by atoms with Crippen molar-refractivity contribution in [2.24, 2.45) is 0 Å². The standard InChI is InChI=1S/C19H24N4O3S/c1-4-5-14-6-8-15(9-7-14)18-12(2)27-19(23-18)22-17(26)11-21-16(25)10-20-13(3)24/h6-9H,4-5,10-11H2,1-3H3,(H,20,24)(H,21,25)(H,22,23,26). The summed E-state index contributed by atoms with van der Waals surface area (Å²) in [6.07, 6.45) is 2.15. The molecule has 0 saturated heterocycles. The molecule has 3 amide bonds. The van der Waals surface area contributed by atoms with Crippen LogP contribution in [0.3, 0.4) is 0 Å². The van der Waals surface area contributed by atoms with Gasteiger partial charge in [0.25, 0.3) is 0 Å². The van der Waals surface area contributed by atoms with E-state index in [0.717, 1.165) is 29.0 Å². The number of thiazole rings is 1. The highest BCUT2D eigenvalue weighted by atomic mass is 32.1. The van der Waals surface area contributed by atoms with Crippen LogP contribution in [0.5, 0.6) is 0 Å². The van der Waals surface area contributed by atoms with Gasteiger partial charge in [0.15, 0.2) is 5.13 Å². The zero-order valence-electron chi connectivity index (χ0n) is 15.7. The first kappa shape index (κ1) is 20.6. The molecular formula is C19H24N4O3S. The molecule has 0 aliphatic rings. The van der Waals surface area contributed by atoms with E-state index in [2.05, 4.69) is 40.0 Å². The number of nitrogens with zero attached hydrogens (tertiary/aromatic N) is 1.